The second kappa shape index (κ2) is 7.90. The van der Waals surface area contributed by atoms with Gasteiger partial charge in [0.15, 0.2) is 0 Å². The van der Waals surface area contributed by atoms with E-state index in [1.807, 2.05) is 17.0 Å². The number of rotatable bonds is 6. The number of aryl methyl sites for hydroxylation is 1. The lowest BCUT2D eigenvalue weighted by molar-refractivity contribution is 0.0482. The average Bonchev–Trinajstić information content (AvgIpc) is 3.18. The van der Waals surface area contributed by atoms with Gasteiger partial charge in [0.2, 0.25) is 0 Å². The number of hydrogen-bond acceptors (Lipinski definition) is 5. The smallest absolute Gasteiger partial charge is 0.264 e. The van der Waals surface area contributed by atoms with Gasteiger partial charge in [0.05, 0.1) is 26.9 Å². The Morgan fingerprint density at radius 1 is 1.25 bits per heavy atom. The van der Waals surface area contributed by atoms with Crippen molar-refractivity contribution in [3.8, 4) is 0 Å². The summed E-state index contributed by atoms with van der Waals surface area (Å²) < 4.78 is 7.01. The Morgan fingerprint density at radius 3 is 3.03 bits per heavy atom. The number of carbonyl (C=O) groups is 1. The first kappa shape index (κ1) is 19.8. The van der Waals surface area contributed by atoms with Gasteiger partial charge in [-0.25, -0.2) is 0 Å². The Morgan fingerprint density at radius 2 is 2.16 bits per heavy atom. The highest BCUT2D eigenvalue weighted by atomic mass is 32.1. The van der Waals surface area contributed by atoms with Crippen LogP contribution in [-0.4, -0.2) is 46.6 Å². The molecule has 1 aliphatic heterocycles. The molecule has 0 spiro atoms. The van der Waals surface area contributed by atoms with Crippen LogP contribution in [0.5, 0.6) is 0 Å². The highest BCUT2D eigenvalue weighted by Crippen LogP contribution is 2.34. The zero-order chi connectivity index (χ0) is 21.7. The molecule has 3 aromatic heterocycles. The predicted octanol–water partition coefficient (Wildman–Crippen LogP) is 5.47. The van der Waals surface area contributed by atoms with Crippen LogP contribution in [0.25, 0.3) is 21.1 Å². The number of aromatic nitrogens is 2. The molecule has 2 N–H and O–H groups in total. The van der Waals surface area contributed by atoms with Gasteiger partial charge in [-0.15, -0.1) is 11.3 Å². The topological polar surface area (TPSA) is 70.2 Å². The molecule has 0 radical (unpaired) electrons. The largest absolute Gasteiger partial charge is 0.376 e. The summed E-state index contributed by atoms with van der Waals surface area (Å²) >= 11 is 1.51. The molecular weight excluding hydrogens is 420 g/mol. The van der Waals surface area contributed by atoms with E-state index in [1.165, 1.54) is 29.6 Å². The summed E-state index contributed by atoms with van der Waals surface area (Å²) in [4.78, 5) is 23.7. The van der Waals surface area contributed by atoms with Crippen LogP contribution in [-0.2, 0) is 4.74 Å². The Labute approximate surface area is 190 Å². The van der Waals surface area contributed by atoms with Crippen molar-refractivity contribution in [2.45, 2.75) is 32.3 Å². The molecule has 6 nitrogen and oxygen atoms in total. The standard InChI is InChI=1S/C25H26N4O2S/c1-15-10-17-11-18(4-5-20(17)27-15)28-21-6-8-26-22-12-23(32-24(21)22)25(30)29-9-7-19(13-29)31-14-16-2-3-16/h4-6,8,10-12,16,19,27H,2-3,7,9,13-14H2,1H3,(H,26,28)/t19-/m0/s1. The van der Waals surface area contributed by atoms with Crippen LogP contribution in [0.15, 0.2) is 42.6 Å². The van der Waals surface area contributed by atoms with Crippen molar-refractivity contribution in [1.82, 2.24) is 14.9 Å². The Balaban J connectivity index is 1.21. The fourth-order valence-corrected chi connectivity index (χ4v) is 5.47. The summed E-state index contributed by atoms with van der Waals surface area (Å²) in [5.41, 5.74) is 5.11. The summed E-state index contributed by atoms with van der Waals surface area (Å²) in [5, 5.41) is 4.70. The van der Waals surface area contributed by atoms with E-state index in [-0.39, 0.29) is 12.0 Å². The quantitative estimate of drug-likeness (QED) is 0.412. The summed E-state index contributed by atoms with van der Waals surface area (Å²) in [6.45, 7) is 4.36. The lowest BCUT2D eigenvalue weighted by atomic mass is 10.2. The molecule has 1 amide bonds. The van der Waals surface area contributed by atoms with E-state index >= 15 is 0 Å². The van der Waals surface area contributed by atoms with Crippen LogP contribution in [0.1, 0.15) is 34.6 Å². The van der Waals surface area contributed by atoms with E-state index in [0.29, 0.717) is 6.54 Å². The highest BCUT2D eigenvalue weighted by molar-refractivity contribution is 7.21. The second-order valence-electron chi connectivity index (χ2n) is 9.00. The number of hydrogen-bond donors (Lipinski definition) is 2. The number of amides is 1. The summed E-state index contributed by atoms with van der Waals surface area (Å²) in [7, 11) is 0. The molecule has 1 aliphatic carbocycles. The molecule has 2 fully saturated rings. The van der Waals surface area contributed by atoms with Gasteiger partial charge in [-0.1, -0.05) is 0 Å². The normalized spacial score (nSPS) is 18.7. The molecule has 7 heteroatoms. The van der Waals surface area contributed by atoms with Crippen molar-refractivity contribution < 1.29 is 9.53 Å². The molecule has 4 aromatic rings. The van der Waals surface area contributed by atoms with Gasteiger partial charge in [0, 0.05) is 48.2 Å². The van der Waals surface area contributed by atoms with E-state index in [2.05, 4.69) is 46.5 Å². The summed E-state index contributed by atoms with van der Waals surface area (Å²) in [6.07, 6.45) is 5.48. The molecule has 32 heavy (non-hydrogen) atoms. The number of benzene rings is 1. The Hall–Kier alpha value is -2.90. The number of thiophene rings is 1. The van der Waals surface area contributed by atoms with E-state index in [9.17, 15) is 4.79 Å². The first-order valence-corrected chi connectivity index (χ1v) is 12.1. The van der Waals surface area contributed by atoms with E-state index < -0.39 is 0 Å². The van der Waals surface area contributed by atoms with Crippen LogP contribution in [0.4, 0.5) is 11.4 Å². The fraction of sp³-hybridized carbons (Fsp3) is 0.360. The molecule has 4 heterocycles. The molecule has 1 saturated heterocycles. The van der Waals surface area contributed by atoms with Crippen molar-refractivity contribution >= 4 is 49.7 Å². The second-order valence-corrected chi connectivity index (χ2v) is 10.1. The SMILES string of the molecule is Cc1cc2cc(Nc3ccnc4cc(C(=O)N5CC[C@H](OCC6CC6)C5)sc34)ccc2[nH]1. The number of pyridine rings is 1. The Kier molecular flexibility index (Phi) is 4.88. The zero-order valence-electron chi connectivity index (χ0n) is 18.1. The van der Waals surface area contributed by atoms with Crippen molar-refractivity contribution in [2.24, 2.45) is 5.92 Å². The van der Waals surface area contributed by atoms with Gasteiger partial charge in [0.25, 0.3) is 5.91 Å². The summed E-state index contributed by atoms with van der Waals surface area (Å²) in [5.74, 6) is 0.835. The highest BCUT2D eigenvalue weighted by Gasteiger charge is 2.30. The van der Waals surface area contributed by atoms with Gasteiger partial charge in [-0.2, -0.15) is 0 Å². The zero-order valence-corrected chi connectivity index (χ0v) is 18.9. The number of nitrogens with zero attached hydrogens (tertiary/aromatic N) is 2. The predicted molar refractivity (Wildman–Crippen MR) is 129 cm³/mol. The maximum atomic E-state index is 13.2. The van der Waals surface area contributed by atoms with Crippen LogP contribution in [0, 0.1) is 12.8 Å². The van der Waals surface area contributed by atoms with Crippen molar-refractivity contribution in [2.75, 3.05) is 25.0 Å². The minimum atomic E-state index is 0.0840. The molecule has 164 valence electrons. The number of ether oxygens (including phenoxy) is 1. The van der Waals surface area contributed by atoms with Gasteiger partial charge in [-0.3, -0.25) is 9.78 Å². The van der Waals surface area contributed by atoms with Crippen molar-refractivity contribution in [3.63, 3.8) is 0 Å². The number of nitrogens with one attached hydrogen (secondary N) is 2. The molecule has 0 bridgehead atoms. The van der Waals surface area contributed by atoms with Crippen molar-refractivity contribution in [3.05, 3.63) is 53.2 Å². The molecule has 6 rings (SSSR count). The van der Waals surface area contributed by atoms with Gasteiger partial charge in [0.1, 0.15) is 0 Å². The molecular formula is C25H26N4O2S. The van der Waals surface area contributed by atoms with Crippen LogP contribution in [0.3, 0.4) is 0 Å². The van der Waals surface area contributed by atoms with Gasteiger partial charge >= 0.3 is 0 Å². The van der Waals surface area contributed by atoms with E-state index in [1.54, 1.807) is 6.20 Å². The lowest BCUT2D eigenvalue weighted by Crippen LogP contribution is -2.29. The first-order valence-electron chi connectivity index (χ1n) is 11.3. The molecule has 1 saturated carbocycles. The van der Waals surface area contributed by atoms with Crippen LogP contribution in [0.2, 0.25) is 0 Å². The van der Waals surface area contributed by atoms with Gasteiger partial charge < -0.3 is 19.9 Å². The molecule has 1 aromatic carbocycles. The van der Waals surface area contributed by atoms with Crippen LogP contribution >= 0.6 is 11.3 Å². The van der Waals surface area contributed by atoms with Crippen LogP contribution < -0.4 is 5.32 Å². The third-order valence-corrected chi connectivity index (χ3v) is 7.50. The number of likely N-dealkylation sites (tertiary alicyclic amines) is 1. The maximum absolute atomic E-state index is 13.2. The first-order chi connectivity index (χ1) is 15.6. The van der Waals surface area contributed by atoms with E-state index in [4.69, 9.17) is 4.74 Å². The average molecular weight is 447 g/mol. The molecule has 0 unspecified atom stereocenters. The summed E-state index contributed by atoms with van der Waals surface area (Å²) in [6, 6.07) is 12.3. The number of aromatic amines is 1. The molecule has 2 aliphatic rings. The number of fused-ring (bicyclic) bond motifs is 2. The monoisotopic (exact) mass is 446 g/mol. The third kappa shape index (κ3) is 3.87. The maximum Gasteiger partial charge on any atom is 0.264 e. The number of anilines is 2. The number of carbonyl (C=O) groups excluding carboxylic acids is 1. The van der Waals surface area contributed by atoms with Gasteiger partial charge in [-0.05, 0) is 68.5 Å². The number of H-pyrrole nitrogens is 1. The molecule has 1 atom stereocenters. The minimum Gasteiger partial charge on any atom is -0.376 e. The minimum absolute atomic E-state index is 0.0840. The van der Waals surface area contributed by atoms with Crippen molar-refractivity contribution in [1.29, 1.82) is 0 Å². The fourth-order valence-electron chi connectivity index (χ4n) is 4.41. The Bertz CT molecular complexity index is 1310. The third-order valence-electron chi connectivity index (χ3n) is 6.35. The van der Waals surface area contributed by atoms with E-state index in [0.717, 1.165) is 63.2 Å². The lowest BCUT2D eigenvalue weighted by Gasteiger charge is -2.15.